The molecular weight excluding hydrogens is 290 g/mol. The third kappa shape index (κ3) is 3.71. The normalized spacial score (nSPS) is 21.3. The molecule has 1 saturated heterocycles. The van der Waals surface area contributed by atoms with Crippen LogP contribution in [0.4, 0.5) is 0 Å². The van der Waals surface area contributed by atoms with Gasteiger partial charge >= 0.3 is 5.97 Å². The van der Waals surface area contributed by atoms with Gasteiger partial charge in [-0.15, -0.1) is 0 Å². The maximum absolute atomic E-state index is 11.4. The van der Waals surface area contributed by atoms with E-state index in [0.717, 1.165) is 23.4 Å². The lowest BCUT2D eigenvalue weighted by molar-refractivity contribution is -0.141. The summed E-state index contributed by atoms with van der Waals surface area (Å²) in [7, 11) is 1.97. The summed E-state index contributed by atoms with van der Waals surface area (Å²) in [5.41, 5.74) is 2.19. The summed E-state index contributed by atoms with van der Waals surface area (Å²) in [6.07, 6.45) is 0. The van der Waals surface area contributed by atoms with Crippen molar-refractivity contribution in [1.29, 1.82) is 0 Å². The van der Waals surface area contributed by atoms with Gasteiger partial charge < -0.3 is 14.7 Å². The summed E-state index contributed by atoms with van der Waals surface area (Å²) in [5.74, 6) is -0.212. The van der Waals surface area contributed by atoms with E-state index in [1.165, 1.54) is 0 Å². The molecule has 0 aliphatic carbocycles. The van der Waals surface area contributed by atoms with Crippen LogP contribution in [0, 0.1) is 5.92 Å². The molecule has 4 heteroatoms. The van der Waals surface area contributed by atoms with Crippen LogP contribution >= 0.6 is 0 Å². The van der Waals surface area contributed by atoms with E-state index in [4.69, 9.17) is 4.74 Å². The Labute approximate surface area is 136 Å². The number of hydrogen-bond acceptors (Lipinski definition) is 3. The quantitative estimate of drug-likeness (QED) is 0.922. The summed E-state index contributed by atoms with van der Waals surface area (Å²) in [6.45, 7) is 1.91. The summed E-state index contributed by atoms with van der Waals surface area (Å²) < 4.78 is 5.78. The van der Waals surface area contributed by atoms with Crippen molar-refractivity contribution in [3.8, 4) is 5.75 Å². The molecule has 1 heterocycles. The first-order chi connectivity index (χ1) is 11.1. The second kappa shape index (κ2) is 6.84. The molecule has 3 rings (SSSR count). The molecule has 0 bridgehead atoms. The standard InChI is InChI=1S/C19H21NO3/c1-20-11-17(18(12-20)19(21)22)15-7-9-16(10-8-15)23-13-14-5-3-2-4-6-14/h2-10,17-18H,11-13H2,1H3,(H,21,22)/t17-,18+/m1/s1. The Morgan fingerprint density at radius 3 is 2.48 bits per heavy atom. The molecule has 0 spiro atoms. The van der Waals surface area contributed by atoms with Gasteiger partial charge in [-0.2, -0.15) is 0 Å². The number of rotatable bonds is 5. The van der Waals surface area contributed by atoms with Crippen LogP contribution in [0.25, 0.3) is 0 Å². The zero-order valence-corrected chi connectivity index (χ0v) is 13.2. The number of carbonyl (C=O) groups is 1. The first-order valence-electron chi connectivity index (χ1n) is 7.81. The molecule has 2 aromatic rings. The fourth-order valence-electron chi connectivity index (χ4n) is 3.14. The minimum absolute atomic E-state index is 0.0423. The second-order valence-corrected chi connectivity index (χ2v) is 6.12. The number of carboxylic acid groups (broad SMARTS) is 1. The number of ether oxygens (including phenoxy) is 1. The van der Waals surface area contributed by atoms with Crippen molar-refractivity contribution in [2.45, 2.75) is 12.5 Å². The van der Waals surface area contributed by atoms with Crippen molar-refractivity contribution < 1.29 is 14.6 Å². The Bertz CT molecular complexity index is 654. The zero-order valence-electron chi connectivity index (χ0n) is 13.2. The van der Waals surface area contributed by atoms with E-state index in [1.807, 2.05) is 61.6 Å². The van der Waals surface area contributed by atoms with Crippen molar-refractivity contribution in [3.05, 3.63) is 65.7 Å². The molecule has 23 heavy (non-hydrogen) atoms. The fourth-order valence-corrected chi connectivity index (χ4v) is 3.14. The Hall–Kier alpha value is -2.33. The third-order valence-corrected chi connectivity index (χ3v) is 4.38. The van der Waals surface area contributed by atoms with Gasteiger partial charge in [0.2, 0.25) is 0 Å². The van der Waals surface area contributed by atoms with Crippen molar-refractivity contribution in [2.24, 2.45) is 5.92 Å². The molecule has 120 valence electrons. The molecule has 0 unspecified atom stereocenters. The molecule has 4 nitrogen and oxygen atoms in total. The van der Waals surface area contributed by atoms with E-state index in [1.54, 1.807) is 0 Å². The molecule has 0 saturated carbocycles. The number of nitrogens with zero attached hydrogens (tertiary/aromatic N) is 1. The topological polar surface area (TPSA) is 49.8 Å². The van der Waals surface area contributed by atoms with Crippen LogP contribution < -0.4 is 4.74 Å². The first-order valence-corrected chi connectivity index (χ1v) is 7.81. The molecule has 1 aliphatic heterocycles. The number of aliphatic carboxylic acids is 1. The predicted octanol–water partition coefficient (Wildman–Crippen LogP) is 3.00. The van der Waals surface area contributed by atoms with Crippen LogP contribution in [0.5, 0.6) is 5.75 Å². The van der Waals surface area contributed by atoms with Gasteiger partial charge in [-0.25, -0.2) is 0 Å². The van der Waals surface area contributed by atoms with Crippen LogP contribution in [-0.4, -0.2) is 36.1 Å². The van der Waals surface area contributed by atoms with Crippen LogP contribution in [0.1, 0.15) is 17.0 Å². The van der Waals surface area contributed by atoms with E-state index in [-0.39, 0.29) is 11.8 Å². The van der Waals surface area contributed by atoms with Gasteiger partial charge in [0.15, 0.2) is 0 Å². The number of carboxylic acids is 1. The smallest absolute Gasteiger partial charge is 0.308 e. The lowest BCUT2D eigenvalue weighted by Gasteiger charge is -2.15. The first kappa shape index (κ1) is 15.6. The van der Waals surface area contributed by atoms with Crippen LogP contribution in [-0.2, 0) is 11.4 Å². The number of likely N-dealkylation sites (N-methyl/N-ethyl adjacent to an activating group) is 1. The number of benzene rings is 2. The second-order valence-electron chi connectivity index (χ2n) is 6.12. The average Bonchev–Trinajstić information content (AvgIpc) is 2.97. The molecule has 2 aromatic carbocycles. The Morgan fingerprint density at radius 2 is 1.83 bits per heavy atom. The molecule has 1 N–H and O–H groups in total. The van der Waals surface area contributed by atoms with E-state index in [0.29, 0.717) is 13.2 Å². The Balaban J connectivity index is 1.66. The zero-order chi connectivity index (χ0) is 16.2. The molecule has 1 aliphatic rings. The molecule has 0 amide bonds. The minimum Gasteiger partial charge on any atom is -0.489 e. The van der Waals surface area contributed by atoms with Gasteiger partial charge in [-0.1, -0.05) is 42.5 Å². The fraction of sp³-hybridized carbons (Fsp3) is 0.316. The van der Waals surface area contributed by atoms with Gasteiger partial charge in [-0.3, -0.25) is 4.79 Å². The molecule has 1 fully saturated rings. The predicted molar refractivity (Wildman–Crippen MR) is 88.6 cm³/mol. The minimum atomic E-state index is -0.719. The van der Waals surface area contributed by atoms with Crippen molar-refractivity contribution in [2.75, 3.05) is 20.1 Å². The van der Waals surface area contributed by atoms with Gasteiger partial charge in [0, 0.05) is 19.0 Å². The molecular formula is C19H21NO3. The largest absolute Gasteiger partial charge is 0.489 e. The summed E-state index contributed by atoms with van der Waals surface area (Å²) in [4.78, 5) is 13.5. The molecule has 2 atom stereocenters. The van der Waals surface area contributed by atoms with Crippen molar-refractivity contribution in [3.63, 3.8) is 0 Å². The van der Waals surface area contributed by atoms with E-state index in [2.05, 4.69) is 4.90 Å². The average molecular weight is 311 g/mol. The highest BCUT2D eigenvalue weighted by Gasteiger charge is 2.36. The van der Waals surface area contributed by atoms with Gasteiger partial charge in [0.05, 0.1) is 5.92 Å². The highest BCUT2D eigenvalue weighted by molar-refractivity contribution is 5.72. The summed E-state index contributed by atoms with van der Waals surface area (Å²) in [6, 6.07) is 17.8. The van der Waals surface area contributed by atoms with Gasteiger partial charge in [-0.05, 0) is 30.3 Å². The number of hydrogen-bond donors (Lipinski definition) is 1. The van der Waals surface area contributed by atoms with E-state index >= 15 is 0 Å². The van der Waals surface area contributed by atoms with Gasteiger partial charge in [0.25, 0.3) is 0 Å². The molecule has 0 radical (unpaired) electrons. The summed E-state index contributed by atoms with van der Waals surface area (Å²) >= 11 is 0. The van der Waals surface area contributed by atoms with Crippen LogP contribution in [0.2, 0.25) is 0 Å². The Morgan fingerprint density at radius 1 is 1.13 bits per heavy atom. The van der Waals surface area contributed by atoms with Crippen molar-refractivity contribution in [1.82, 2.24) is 4.90 Å². The highest BCUT2D eigenvalue weighted by Crippen LogP contribution is 2.33. The number of likely N-dealkylation sites (tertiary alicyclic amines) is 1. The van der Waals surface area contributed by atoms with E-state index in [9.17, 15) is 9.90 Å². The highest BCUT2D eigenvalue weighted by atomic mass is 16.5. The SMILES string of the molecule is CN1C[C@H](C(=O)O)[C@@H](c2ccc(OCc3ccccc3)cc2)C1. The van der Waals surface area contributed by atoms with Gasteiger partial charge in [0.1, 0.15) is 12.4 Å². The lowest BCUT2D eigenvalue weighted by Crippen LogP contribution is -2.21. The van der Waals surface area contributed by atoms with Crippen LogP contribution in [0.15, 0.2) is 54.6 Å². The molecule has 0 aromatic heterocycles. The Kier molecular flexibility index (Phi) is 4.63. The summed E-state index contributed by atoms with van der Waals surface area (Å²) in [5, 5.41) is 9.38. The lowest BCUT2D eigenvalue weighted by atomic mass is 9.89. The maximum atomic E-state index is 11.4. The monoisotopic (exact) mass is 311 g/mol. The van der Waals surface area contributed by atoms with E-state index < -0.39 is 5.97 Å². The van der Waals surface area contributed by atoms with Crippen molar-refractivity contribution >= 4 is 5.97 Å². The third-order valence-electron chi connectivity index (χ3n) is 4.38. The van der Waals surface area contributed by atoms with Crippen LogP contribution in [0.3, 0.4) is 0 Å². The maximum Gasteiger partial charge on any atom is 0.308 e.